The molecule has 0 fully saturated rings. The molecular weight excluding hydrogens is 200 g/mol. The minimum Gasteiger partial charge on any atom is -0.496 e. The second kappa shape index (κ2) is 5.01. The summed E-state index contributed by atoms with van der Waals surface area (Å²) in [5.41, 5.74) is 1.97. The molecule has 0 aromatic heterocycles. The number of aryl methyl sites for hydroxylation is 2. The molecule has 0 aliphatic rings. The van der Waals surface area contributed by atoms with Crippen molar-refractivity contribution >= 4 is 17.9 Å². The van der Waals surface area contributed by atoms with Crippen LogP contribution < -0.4 is 4.74 Å². The van der Waals surface area contributed by atoms with Crippen molar-refractivity contribution in [1.29, 1.82) is 0 Å². The van der Waals surface area contributed by atoms with Gasteiger partial charge in [0.1, 0.15) is 12.0 Å². The molecule has 1 aromatic carbocycles. The van der Waals surface area contributed by atoms with Gasteiger partial charge in [-0.2, -0.15) is 0 Å². The number of halogens is 1. The zero-order valence-electron chi connectivity index (χ0n) is 8.34. The van der Waals surface area contributed by atoms with Gasteiger partial charge in [-0.3, -0.25) is 0 Å². The maximum Gasteiger partial charge on any atom is 0.122 e. The molecule has 3 heteroatoms. The summed E-state index contributed by atoms with van der Waals surface area (Å²) < 4.78 is 5.20. The van der Waals surface area contributed by atoms with Crippen molar-refractivity contribution in [2.75, 3.05) is 7.11 Å². The average molecular weight is 213 g/mol. The Labute approximate surface area is 88.8 Å². The lowest BCUT2D eigenvalue weighted by atomic mass is 10.1. The molecule has 0 heterocycles. The number of carbonyl (C=O) groups is 1. The maximum atomic E-state index is 10.3. The molecule has 0 radical (unpaired) electrons. The third-order valence-electron chi connectivity index (χ3n) is 2.09. The highest BCUT2D eigenvalue weighted by Crippen LogP contribution is 2.27. The van der Waals surface area contributed by atoms with Crippen LogP contribution in [0.2, 0.25) is 5.02 Å². The number of carbonyl (C=O) groups excluding carboxylic acids is 1. The van der Waals surface area contributed by atoms with Crippen LogP contribution in [0.5, 0.6) is 5.75 Å². The van der Waals surface area contributed by atoms with E-state index in [1.807, 2.05) is 19.1 Å². The quantitative estimate of drug-likeness (QED) is 0.718. The van der Waals surface area contributed by atoms with E-state index in [-0.39, 0.29) is 0 Å². The number of rotatable bonds is 4. The Kier molecular flexibility index (Phi) is 3.96. The van der Waals surface area contributed by atoms with Crippen molar-refractivity contribution in [2.45, 2.75) is 19.8 Å². The largest absolute Gasteiger partial charge is 0.496 e. The number of hydrogen-bond acceptors (Lipinski definition) is 2. The van der Waals surface area contributed by atoms with Gasteiger partial charge in [0.2, 0.25) is 0 Å². The molecule has 14 heavy (non-hydrogen) atoms. The molecule has 0 saturated carbocycles. The molecule has 0 saturated heterocycles. The Balaban J connectivity index is 3.00. The minimum atomic E-state index is 0.496. The zero-order chi connectivity index (χ0) is 10.6. The minimum absolute atomic E-state index is 0.496. The van der Waals surface area contributed by atoms with Gasteiger partial charge in [0.05, 0.1) is 7.11 Å². The third-order valence-corrected chi connectivity index (χ3v) is 2.50. The van der Waals surface area contributed by atoms with Gasteiger partial charge in [-0.1, -0.05) is 11.6 Å². The Morgan fingerprint density at radius 1 is 1.50 bits per heavy atom. The fourth-order valence-corrected chi connectivity index (χ4v) is 1.48. The molecule has 0 spiro atoms. The van der Waals surface area contributed by atoms with Gasteiger partial charge in [0, 0.05) is 11.4 Å². The maximum absolute atomic E-state index is 10.3. The van der Waals surface area contributed by atoms with Crippen molar-refractivity contribution in [3.8, 4) is 5.75 Å². The van der Waals surface area contributed by atoms with Gasteiger partial charge in [-0.25, -0.2) is 0 Å². The van der Waals surface area contributed by atoms with E-state index in [4.69, 9.17) is 16.3 Å². The van der Waals surface area contributed by atoms with Crippen LogP contribution in [0.1, 0.15) is 17.5 Å². The summed E-state index contributed by atoms with van der Waals surface area (Å²) in [7, 11) is 1.62. The summed E-state index contributed by atoms with van der Waals surface area (Å²) in [4.78, 5) is 10.3. The van der Waals surface area contributed by atoms with Crippen LogP contribution >= 0.6 is 11.6 Å². The monoisotopic (exact) mass is 212 g/mol. The van der Waals surface area contributed by atoms with Crippen LogP contribution in [0.25, 0.3) is 0 Å². The van der Waals surface area contributed by atoms with Crippen LogP contribution in [-0.2, 0) is 11.2 Å². The van der Waals surface area contributed by atoms with Gasteiger partial charge >= 0.3 is 0 Å². The molecular formula is C11H13ClO2. The second-order valence-corrected chi connectivity index (χ2v) is 3.53. The molecule has 0 N–H and O–H groups in total. The Hall–Kier alpha value is -1.02. The lowest BCUT2D eigenvalue weighted by Gasteiger charge is -2.09. The lowest BCUT2D eigenvalue weighted by molar-refractivity contribution is -0.107. The van der Waals surface area contributed by atoms with Crippen LogP contribution in [0.3, 0.4) is 0 Å². The number of benzene rings is 1. The first-order valence-electron chi connectivity index (χ1n) is 4.45. The number of methoxy groups -OCH3 is 1. The summed E-state index contributed by atoms with van der Waals surface area (Å²) in [5, 5.41) is 0.715. The summed E-state index contributed by atoms with van der Waals surface area (Å²) in [6.07, 6.45) is 2.07. The van der Waals surface area contributed by atoms with E-state index < -0.39 is 0 Å². The van der Waals surface area contributed by atoms with Crippen molar-refractivity contribution in [1.82, 2.24) is 0 Å². The van der Waals surface area contributed by atoms with E-state index in [1.54, 1.807) is 7.11 Å². The first-order valence-corrected chi connectivity index (χ1v) is 4.83. The predicted octanol–water partition coefficient (Wildman–Crippen LogP) is 2.79. The number of aldehydes is 1. The number of ether oxygens (including phenoxy) is 1. The predicted molar refractivity (Wildman–Crippen MR) is 57.1 cm³/mol. The standard InChI is InChI=1S/C11H13ClO2/c1-8-6-11(14-2)9(4-3-5-13)7-10(8)12/h5-7H,3-4H2,1-2H3. The van der Waals surface area contributed by atoms with E-state index in [9.17, 15) is 4.79 Å². The molecule has 0 aliphatic heterocycles. The second-order valence-electron chi connectivity index (χ2n) is 3.12. The highest BCUT2D eigenvalue weighted by Gasteiger charge is 2.06. The van der Waals surface area contributed by atoms with Crippen LogP contribution in [0.4, 0.5) is 0 Å². The van der Waals surface area contributed by atoms with Gasteiger partial charge in [-0.15, -0.1) is 0 Å². The first kappa shape index (κ1) is 11.1. The van der Waals surface area contributed by atoms with E-state index in [1.165, 1.54) is 0 Å². The topological polar surface area (TPSA) is 26.3 Å². The van der Waals surface area contributed by atoms with Crippen molar-refractivity contribution < 1.29 is 9.53 Å². The van der Waals surface area contributed by atoms with Gasteiger partial charge in [0.25, 0.3) is 0 Å². The Morgan fingerprint density at radius 2 is 2.21 bits per heavy atom. The smallest absolute Gasteiger partial charge is 0.122 e. The highest BCUT2D eigenvalue weighted by atomic mass is 35.5. The SMILES string of the molecule is COc1cc(C)c(Cl)cc1CCC=O. The van der Waals surface area contributed by atoms with Crippen LogP contribution in [0, 0.1) is 6.92 Å². The number of hydrogen-bond donors (Lipinski definition) is 0. The summed E-state index contributed by atoms with van der Waals surface area (Å²) in [5.74, 6) is 0.800. The molecule has 0 atom stereocenters. The molecule has 0 unspecified atom stereocenters. The molecule has 1 rings (SSSR count). The lowest BCUT2D eigenvalue weighted by Crippen LogP contribution is -1.94. The molecule has 1 aromatic rings. The summed E-state index contributed by atoms with van der Waals surface area (Å²) in [6, 6.07) is 3.75. The Morgan fingerprint density at radius 3 is 2.79 bits per heavy atom. The van der Waals surface area contributed by atoms with Crippen molar-refractivity contribution in [2.24, 2.45) is 0 Å². The van der Waals surface area contributed by atoms with E-state index >= 15 is 0 Å². The highest BCUT2D eigenvalue weighted by molar-refractivity contribution is 6.31. The molecule has 0 bridgehead atoms. The van der Waals surface area contributed by atoms with Crippen LogP contribution in [0.15, 0.2) is 12.1 Å². The third kappa shape index (κ3) is 2.48. The molecule has 0 amide bonds. The molecule has 2 nitrogen and oxygen atoms in total. The van der Waals surface area contributed by atoms with Crippen molar-refractivity contribution in [3.63, 3.8) is 0 Å². The van der Waals surface area contributed by atoms with Gasteiger partial charge < -0.3 is 9.53 Å². The zero-order valence-corrected chi connectivity index (χ0v) is 9.10. The van der Waals surface area contributed by atoms with Crippen LogP contribution in [-0.4, -0.2) is 13.4 Å². The van der Waals surface area contributed by atoms with Crippen molar-refractivity contribution in [3.05, 3.63) is 28.3 Å². The Bertz CT molecular complexity index is 334. The first-order chi connectivity index (χ1) is 6.69. The normalized spacial score (nSPS) is 9.93. The fourth-order valence-electron chi connectivity index (χ4n) is 1.30. The average Bonchev–Trinajstić information content (AvgIpc) is 2.19. The summed E-state index contributed by atoms with van der Waals surface area (Å²) >= 11 is 5.98. The summed E-state index contributed by atoms with van der Waals surface area (Å²) in [6.45, 7) is 1.92. The van der Waals surface area contributed by atoms with E-state index in [2.05, 4.69) is 0 Å². The van der Waals surface area contributed by atoms with E-state index in [0.717, 1.165) is 23.2 Å². The van der Waals surface area contributed by atoms with Gasteiger partial charge in [-0.05, 0) is 36.6 Å². The van der Waals surface area contributed by atoms with Gasteiger partial charge in [0.15, 0.2) is 0 Å². The fraction of sp³-hybridized carbons (Fsp3) is 0.364. The molecule has 76 valence electrons. The molecule has 0 aliphatic carbocycles. The van der Waals surface area contributed by atoms with E-state index in [0.29, 0.717) is 17.9 Å².